The van der Waals surface area contributed by atoms with Crippen LogP contribution in [0.2, 0.25) is 5.02 Å². The molecule has 5 atom stereocenters. The van der Waals surface area contributed by atoms with Crippen LogP contribution in [0.5, 0.6) is 0 Å². The average Bonchev–Trinajstić information content (AvgIpc) is 3.25. The van der Waals surface area contributed by atoms with Crippen molar-refractivity contribution in [3.8, 4) is 0 Å². The van der Waals surface area contributed by atoms with Gasteiger partial charge >= 0.3 is 0 Å². The quantitative estimate of drug-likeness (QED) is 0.543. The summed E-state index contributed by atoms with van der Waals surface area (Å²) in [6.07, 6.45) is 5.51. The van der Waals surface area contributed by atoms with Crippen molar-refractivity contribution < 1.29 is 9.18 Å². The molecule has 1 aromatic carbocycles. The normalized spacial score (nSPS) is 26.1. The van der Waals surface area contributed by atoms with E-state index in [-0.39, 0.29) is 11.5 Å². The smallest absolute Gasteiger partial charge is 0.255 e. The number of anilines is 1. The van der Waals surface area contributed by atoms with Crippen molar-refractivity contribution in [3.63, 3.8) is 0 Å². The highest BCUT2D eigenvalue weighted by atomic mass is 35.5. The number of benzene rings is 1. The average molecular weight is 500 g/mol. The first-order valence-corrected chi connectivity index (χ1v) is 12.1. The molecule has 0 radical (unpaired) electrons. The number of allylic oxidation sites excluding steroid dienone is 3. The number of pyridine rings is 1. The van der Waals surface area contributed by atoms with Gasteiger partial charge in [-0.1, -0.05) is 37.6 Å². The van der Waals surface area contributed by atoms with Crippen molar-refractivity contribution >= 4 is 28.9 Å². The molecule has 1 heterocycles. The number of aromatic nitrogens is 1. The minimum absolute atomic E-state index is 0.244. The van der Waals surface area contributed by atoms with Gasteiger partial charge in [0.05, 0.1) is 5.92 Å². The number of carbonyl (C=O) groups is 1. The van der Waals surface area contributed by atoms with Gasteiger partial charge in [0, 0.05) is 40.8 Å². The number of hydrazine groups is 1. The Hall–Kier alpha value is -2.94. The summed E-state index contributed by atoms with van der Waals surface area (Å²) in [5, 5.41) is 17.3. The summed E-state index contributed by atoms with van der Waals surface area (Å²) >= 11 is 5.92. The molecule has 186 valence electrons. The largest absolute Gasteiger partial charge is 0.767 e. The summed E-state index contributed by atoms with van der Waals surface area (Å²) in [4.78, 5) is 25.1. The number of hydroxylamine groups is 1. The fourth-order valence-electron chi connectivity index (χ4n) is 4.69. The lowest BCUT2D eigenvalue weighted by Gasteiger charge is -2.39. The summed E-state index contributed by atoms with van der Waals surface area (Å²) in [5.74, 6) is -0.945. The Morgan fingerprint density at radius 3 is 2.60 bits per heavy atom. The Morgan fingerprint density at radius 2 is 1.94 bits per heavy atom. The topological polar surface area (TPSA) is 89.4 Å². The number of hydrogen-bond acceptors (Lipinski definition) is 5. The summed E-state index contributed by atoms with van der Waals surface area (Å²) in [7, 11) is 0. The molecular formula is C26H29ClFN4O3-. The van der Waals surface area contributed by atoms with Crippen LogP contribution in [0.3, 0.4) is 0 Å². The molecule has 3 unspecified atom stereocenters. The zero-order valence-electron chi connectivity index (χ0n) is 19.6. The zero-order chi connectivity index (χ0) is 25.1. The molecule has 2 aromatic rings. The Balaban J connectivity index is 1.45. The summed E-state index contributed by atoms with van der Waals surface area (Å²) in [6.45, 7) is 4.18. The Kier molecular flexibility index (Phi) is 7.74. The van der Waals surface area contributed by atoms with E-state index in [0.717, 1.165) is 5.17 Å². The standard InChI is InChI=1S/C26H29ClFN4O3/c1-16(2)17-13-23(24(14-17)32(35)30-19-8-6-18(27)7-9-19)29-26(34)21-11-10-20(15-22(21)28)31-12-4-3-5-25(31)33/h3-12,15-17,21-24,30H,13-14H2,1-2H3,(H,29,34)/q-1/t17?,21?,22?,23-,24-/m0/s1. The molecule has 7 nitrogen and oxygen atoms in total. The van der Waals surface area contributed by atoms with Gasteiger partial charge in [0.25, 0.3) is 5.56 Å². The predicted molar refractivity (Wildman–Crippen MR) is 136 cm³/mol. The lowest BCUT2D eigenvalue weighted by molar-refractivity contribution is -0.125. The third-order valence-electron chi connectivity index (χ3n) is 6.77. The van der Waals surface area contributed by atoms with E-state index in [1.54, 1.807) is 48.7 Å². The molecule has 0 saturated heterocycles. The second-order valence-corrected chi connectivity index (χ2v) is 9.87. The Labute approximate surface area is 208 Å². The van der Waals surface area contributed by atoms with E-state index in [4.69, 9.17) is 11.6 Å². The minimum Gasteiger partial charge on any atom is -0.767 e. The maximum Gasteiger partial charge on any atom is 0.255 e. The summed E-state index contributed by atoms with van der Waals surface area (Å²) in [6, 6.07) is 10.5. The SMILES string of the molecule is CC(C)C1C[C@H](NC(=O)C2C=CC(n3ccccc3=O)=CC2F)[C@@H](N([O-])Nc2ccc(Cl)cc2)C1. The fraction of sp³-hybridized carbons (Fsp3) is 0.385. The van der Waals surface area contributed by atoms with Gasteiger partial charge in [-0.15, -0.1) is 0 Å². The number of hydrogen-bond donors (Lipinski definition) is 2. The summed E-state index contributed by atoms with van der Waals surface area (Å²) < 4.78 is 16.4. The Bertz CT molecular complexity index is 1160. The van der Waals surface area contributed by atoms with Crippen LogP contribution in [0.4, 0.5) is 10.1 Å². The fourth-order valence-corrected chi connectivity index (χ4v) is 4.82. The van der Waals surface area contributed by atoms with Crippen LogP contribution in [0.15, 0.2) is 71.7 Å². The number of rotatable bonds is 7. The number of carbonyl (C=O) groups excluding carboxylic acids is 1. The van der Waals surface area contributed by atoms with Crippen LogP contribution in [-0.4, -0.2) is 33.9 Å². The van der Waals surface area contributed by atoms with E-state index in [0.29, 0.717) is 35.2 Å². The van der Waals surface area contributed by atoms with Crippen molar-refractivity contribution in [1.82, 2.24) is 15.1 Å². The van der Waals surface area contributed by atoms with Crippen molar-refractivity contribution in [2.24, 2.45) is 17.8 Å². The van der Waals surface area contributed by atoms with E-state index in [9.17, 15) is 14.8 Å². The monoisotopic (exact) mass is 499 g/mol. The minimum atomic E-state index is -1.60. The highest BCUT2D eigenvalue weighted by Gasteiger charge is 2.39. The second-order valence-electron chi connectivity index (χ2n) is 9.43. The number of nitrogens with one attached hydrogen (secondary N) is 2. The number of amides is 1. The highest BCUT2D eigenvalue weighted by molar-refractivity contribution is 6.30. The zero-order valence-corrected chi connectivity index (χ0v) is 20.4. The molecule has 4 rings (SSSR count). The molecule has 0 spiro atoms. The molecule has 0 aliphatic heterocycles. The van der Waals surface area contributed by atoms with E-state index in [1.807, 2.05) is 0 Å². The van der Waals surface area contributed by atoms with E-state index >= 15 is 4.39 Å². The van der Waals surface area contributed by atoms with Gasteiger partial charge in [0.15, 0.2) is 0 Å². The van der Waals surface area contributed by atoms with Gasteiger partial charge in [0.2, 0.25) is 5.91 Å². The maximum atomic E-state index is 15.0. The molecule has 2 aliphatic rings. The number of nitrogens with zero attached hydrogens (tertiary/aromatic N) is 2. The van der Waals surface area contributed by atoms with Gasteiger partial charge in [0.1, 0.15) is 6.17 Å². The van der Waals surface area contributed by atoms with E-state index in [1.165, 1.54) is 22.8 Å². The van der Waals surface area contributed by atoms with Crippen molar-refractivity contribution in [3.05, 3.63) is 87.5 Å². The molecular weight excluding hydrogens is 471 g/mol. The lowest BCUT2D eigenvalue weighted by Crippen LogP contribution is -2.50. The number of halogens is 2. The van der Waals surface area contributed by atoms with Gasteiger partial charge in [-0.2, -0.15) is 0 Å². The second kappa shape index (κ2) is 10.8. The third kappa shape index (κ3) is 5.83. The summed E-state index contributed by atoms with van der Waals surface area (Å²) in [5.41, 5.74) is 3.52. The van der Waals surface area contributed by atoms with Crippen molar-refractivity contribution in [1.29, 1.82) is 0 Å². The van der Waals surface area contributed by atoms with Crippen molar-refractivity contribution in [2.75, 3.05) is 5.43 Å². The van der Waals surface area contributed by atoms with Crippen molar-refractivity contribution in [2.45, 2.75) is 44.9 Å². The van der Waals surface area contributed by atoms with Crippen LogP contribution >= 0.6 is 11.6 Å². The molecule has 1 fully saturated rings. The van der Waals surface area contributed by atoms with E-state index in [2.05, 4.69) is 24.6 Å². The first kappa shape index (κ1) is 25.2. The molecule has 35 heavy (non-hydrogen) atoms. The van der Waals surface area contributed by atoms with Gasteiger partial charge in [-0.05, 0) is 67.2 Å². The van der Waals surface area contributed by atoms with E-state index < -0.39 is 30.1 Å². The maximum absolute atomic E-state index is 15.0. The molecule has 2 N–H and O–H groups in total. The van der Waals surface area contributed by atoms with Crippen LogP contribution in [0.25, 0.3) is 5.70 Å². The first-order chi connectivity index (χ1) is 16.7. The van der Waals surface area contributed by atoms with Crippen LogP contribution in [0.1, 0.15) is 26.7 Å². The first-order valence-electron chi connectivity index (χ1n) is 11.7. The van der Waals surface area contributed by atoms with Gasteiger partial charge in [-0.3, -0.25) is 19.3 Å². The van der Waals surface area contributed by atoms with Crippen LogP contribution in [-0.2, 0) is 4.79 Å². The van der Waals surface area contributed by atoms with Gasteiger partial charge in [-0.25, -0.2) is 4.39 Å². The molecule has 1 saturated carbocycles. The number of alkyl halides is 1. The molecule has 2 aliphatic carbocycles. The molecule has 0 bridgehead atoms. The van der Waals surface area contributed by atoms with Crippen LogP contribution < -0.4 is 16.3 Å². The molecule has 9 heteroatoms. The predicted octanol–water partition coefficient (Wildman–Crippen LogP) is 4.61. The van der Waals surface area contributed by atoms with Crippen LogP contribution in [0, 0.1) is 23.0 Å². The Morgan fingerprint density at radius 1 is 1.20 bits per heavy atom. The molecule has 1 aromatic heterocycles. The molecule has 1 amide bonds. The lowest BCUT2D eigenvalue weighted by atomic mass is 9.94. The van der Waals surface area contributed by atoms with Gasteiger partial charge < -0.3 is 15.9 Å². The third-order valence-corrected chi connectivity index (χ3v) is 7.02. The highest BCUT2D eigenvalue weighted by Crippen LogP contribution is 2.35.